The van der Waals surface area contributed by atoms with Crippen molar-refractivity contribution in [3.8, 4) is 0 Å². The van der Waals surface area contributed by atoms with Crippen molar-refractivity contribution in [3.05, 3.63) is 28.4 Å². The molecule has 8 nitrogen and oxygen atoms in total. The van der Waals surface area contributed by atoms with Crippen LogP contribution in [0.3, 0.4) is 0 Å². The molecule has 0 unspecified atom stereocenters. The minimum Gasteiger partial charge on any atom is -0.383 e. The molecule has 3 aromatic rings. The standard InChI is InChI=1S/C17H25N7OS/c1-10-12(3)26-17-14(10)15(21-13(22-17)5-6-18)20-11(2)16-23-19-9-24(16)7-8-25-4/h9,11H,5-8,18H2,1-4H3,(H,20,21,22)/t11-/m1/s1. The van der Waals surface area contributed by atoms with E-state index < -0.39 is 0 Å². The van der Waals surface area contributed by atoms with E-state index in [2.05, 4.69) is 41.3 Å². The van der Waals surface area contributed by atoms with Gasteiger partial charge in [0, 0.05) is 25.0 Å². The Kier molecular flexibility index (Phi) is 5.80. The van der Waals surface area contributed by atoms with Crippen LogP contribution in [0.15, 0.2) is 6.33 Å². The topological polar surface area (TPSA) is 104 Å². The van der Waals surface area contributed by atoms with Gasteiger partial charge < -0.3 is 20.4 Å². The second kappa shape index (κ2) is 8.07. The molecule has 140 valence electrons. The first-order valence-electron chi connectivity index (χ1n) is 8.65. The van der Waals surface area contributed by atoms with Crippen LogP contribution in [-0.4, -0.2) is 45.0 Å². The first kappa shape index (κ1) is 18.7. The fourth-order valence-electron chi connectivity index (χ4n) is 2.87. The van der Waals surface area contributed by atoms with E-state index in [0.717, 1.165) is 27.7 Å². The molecule has 0 aliphatic carbocycles. The smallest absolute Gasteiger partial charge is 0.155 e. The number of nitrogens with two attached hydrogens (primary N) is 1. The van der Waals surface area contributed by atoms with E-state index >= 15 is 0 Å². The average molecular weight is 376 g/mol. The first-order chi connectivity index (χ1) is 12.5. The fourth-order valence-corrected chi connectivity index (χ4v) is 3.92. The lowest BCUT2D eigenvalue weighted by atomic mass is 10.2. The molecular formula is C17H25N7OS. The molecule has 0 amide bonds. The molecule has 0 saturated carbocycles. The van der Waals surface area contributed by atoms with E-state index in [1.54, 1.807) is 24.8 Å². The Morgan fingerprint density at radius 1 is 1.35 bits per heavy atom. The van der Waals surface area contributed by atoms with Gasteiger partial charge in [-0.2, -0.15) is 0 Å². The molecule has 1 atom stereocenters. The van der Waals surface area contributed by atoms with Crippen LogP contribution in [0, 0.1) is 13.8 Å². The number of anilines is 1. The van der Waals surface area contributed by atoms with Gasteiger partial charge in [-0.05, 0) is 32.9 Å². The SMILES string of the molecule is COCCn1cnnc1[C@@H](C)Nc1nc(CCN)nc2sc(C)c(C)c12. The molecule has 9 heteroatoms. The van der Waals surface area contributed by atoms with Crippen LogP contribution in [0.2, 0.25) is 0 Å². The number of aromatic nitrogens is 5. The number of nitrogens with one attached hydrogen (secondary N) is 1. The Hall–Kier alpha value is -2.10. The number of hydrogen-bond donors (Lipinski definition) is 2. The molecule has 0 spiro atoms. The maximum atomic E-state index is 5.70. The number of ether oxygens (including phenoxy) is 1. The number of nitrogens with zero attached hydrogens (tertiary/aromatic N) is 5. The van der Waals surface area contributed by atoms with E-state index in [9.17, 15) is 0 Å². The summed E-state index contributed by atoms with van der Waals surface area (Å²) in [4.78, 5) is 11.6. The summed E-state index contributed by atoms with van der Waals surface area (Å²) in [6.45, 7) is 8.11. The van der Waals surface area contributed by atoms with Gasteiger partial charge in [0.05, 0.1) is 18.0 Å². The zero-order chi connectivity index (χ0) is 18.7. The van der Waals surface area contributed by atoms with E-state index in [1.807, 2.05) is 4.57 Å². The predicted octanol–water partition coefficient (Wildman–Crippen LogP) is 2.22. The van der Waals surface area contributed by atoms with Crippen molar-refractivity contribution in [1.29, 1.82) is 0 Å². The minimum atomic E-state index is -0.0576. The number of fused-ring (bicyclic) bond motifs is 1. The van der Waals surface area contributed by atoms with Crippen LogP contribution < -0.4 is 11.1 Å². The van der Waals surface area contributed by atoms with Crippen LogP contribution in [-0.2, 0) is 17.7 Å². The Balaban J connectivity index is 1.95. The molecule has 3 aromatic heterocycles. The third-order valence-electron chi connectivity index (χ3n) is 4.37. The van der Waals surface area contributed by atoms with Crippen LogP contribution in [0.25, 0.3) is 10.2 Å². The number of rotatable bonds is 8. The zero-order valence-electron chi connectivity index (χ0n) is 15.6. The lowest BCUT2D eigenvalue weighted by molar-refractivity contribution is 0.186. The highest BCUT2D eigenvalue weighted by Gasteiger charge is 2.19. The van der Waals surface area contributed by atoms with Gasteiger partial charge in [-0.25, -0.2) is 9.97 Å². The highest BCUT2D eigenvalue weighted by molar-refractivity contribution is 7.18. The van der Waals surface area contributed by atoms with Crippen molar-refractivity contribution in [2.75, 3.05) is 25.6 Å². The zero-order valence-corrected chi connectivity index (χ0v) is 16.4. The summed E-state index contributed by atoms with van der Waals surface area (Å²) in [7, 11) is 1.68. The number of methoxy groups -OCH3 is 1. The molecule has 26 heavy (non-hydrogen) atoms. The lowest BCUT2D eigenvalue weighted by Gasteiger charge is -2.17. The molecule has 0 aliphatic heterocycles. The van der Waals surface area contributed by atoms with Gasteiger partial charge in [0.15, 0.2) is 5.82 Å². The summed E-state index contributed by atoms with van der Waals surface area (Å²) in [5, 5.41) is 12.9. The molecule has 0 radical (unpaired) electrons. The van der Waals surface area contributed by atoms with Gasteiger partial charge >= 0.3 is 0 Å². The summed E-state index contributed by atoms with van der Waals surface area (Å²) < 4.78 is 7.15. The maximum Gasteiger partial charge on any atom is 0.155 e. The monoisotopic (exact) mass is 375 g/mol. The Morgan fingerprint density at radius 3 is 2.88 bits per heavy atom. The van der Waals surface area contributed by atoms with Crippen molar-refractivity contribution in [1.82, 2.24) is 24.7 Å². The fraction of sp³-hybridized carbons (Fsp3) is 0.529. The molecule has 3 rings (SSSR count). The molecule has 0 bridgehead atoms. The van der Waals surface area contributed by atoms with Gasteiger partial charge in [-0.1, -0.05) is 0 Å². The van der Waals surface area contributed by atoms with Gasteiger partial charge in [-0.15, -0.1) is 21.5 Å². The normalized spacial score (nSPS) is 12.7. The third-order valence-corrected chi connectivity index (χ3v) is 5.47. The van der Waals surface area contributed by atoms with Crippen LogP contribution in [0.1, 0.15) is 35.1 Å². The molecular weight excluding hydrogens is 350 g/mol. The van der Waals surface area contributed by atoms with Crippen molar-refractivity contribution < 1.29 is 4.74 Å². The highest BCUT2D eigenvalue weighted by Crippen LogP contribution is 2.34. The molecule has 3 heterocycles. The molecule has 0 aromatic carbocycles. The van der Waals surface area contributed by atoms with E-state index in [4.69, 9.17) is 15.5 Å². The quantitative estimate of drug-likeness (QED) is 0.622. The van der Waals surface area contributed by atoms with Crippen molar-refractivity contribution in [2.24, 2.45) is 5.73 Å². The van der Waals surface area contributed by atoms with E-state index in [-0.39, 0.29) is 6.04 Å². The molecule has 0 aliphatic rings. The van der Waals surface area contributed by atoms with Gasteiger partial charge in [0.2, 0.25) is 0 Å². The minimum absolute atomic E-state index is 0.0576. The molecule has 0 fully saturated rings. The summed E-state index contributed by atoms with van der Waals surface area (Å²) in [6, 6.07) is -0.0576. The third kappa shape index (κ3) is 3.69. The Bertz CT molecular complexity index is 889. The molecule has 3 N–H and O–H groups in total. The lowest BCUT2D eigenvalue weighted by Crippen LogP contribution is -2.17. The van der Waals surface area contributed by atoms with E-state index in [0.29, 0.717) is 26.1 Å². The van der Waals surface area contributed by atoms with Gasteiger partial charge in [0.25, 0.3) is 0 Å². The summed E-state index contributed by atoms with van der Waals surface area (Å²) in [5.41, 5.74) is 6.91. The Labute approximate surface area is 156 Å². The highest BCUT2D eigenvalue weighted by atomic mass is 32.1. The van der Waals surface area contributed by atoms with Gasteiger partial charge in [0.1, 0.15) is 22.8 Å². The van der Waals surface area contributed by atoms with Crippen molar-refractivity contribution in [3.63, 3.8) is 0 Å². The van der Waals surface area contributed by atoms with Crippen LogP contribution in [0.5, 0.6) is 0 Å². The second-order valence-corrected chi connectivity index (χ2v) is 7.44. The maximum absolute atomic E-state index is 5.70. The summed E-state index contributed by atoms with van der Waals surface area (Å²) >= 11 is 1.69. The summed E-state index contributed by atoms with van der Waals surface area (Å²) in [6.07, 6.45) is 2.38. The number of aryl methyl sites for hydroxylation is 2. The Morgan fingerprint density at radius 2 is 2.15 bits per heavy atom. The van der Waals surface area contributed by atoms with E-state index in [1.165, 1.54) is 10.4 Å². The van der Waals surface area contributed by atoms with Gasteiger partial charge in [-0.3, -0.25) is 0 Å². The van der Waals surface area contributed by atoms with Crippen LogP contribution >= 0.6 is 11.3 Å². The van der Waals surface area contributed by atoms with Crippen molar-refractivity contribution in [2.45, 2.75) is 39.8 Å². The largest absolute Gasteiger partial charge is 0.383 e. The summed E-state index contributed by atoms with van der Waals surface area (Å²) in [5.74, 6) is 2.43. The van der Waals surface area contributed by atoms with Crippen molar-refractivity contribution >= 4 is 27.4 Å². The second-order valence-electron chi connectivity index (χ2n) is 6.23. The first-order valence-corrected chi connectivity index (χ1v) is 9.46. The average Bonchev–Trinajstić information content (AvgIpc) is 3.18. The number of thiophene rings is 1. The molecule has 0 saturated heterocycles. The number of hydrogen-bond acceptors (Lipinski definition) is 8. The van der Waals surface area contributed by atoms with Crippen LogP contribution in [0.4, 0.5) is 5.82 Å². The predicted molar refractivity (Wildman–Crippen MR) is 104 cm³/mol.